The van der Waals surface area contributed by atoms with Crippen LogP contribution in [0.1, 0.15) is 28.9 Å². The summed E-state index contributed by atoms with van der Waals surface area (Å²) >= 11 is 7.40. The number of hydrogen-bond acceptors (Lipinski definition) is 4. The van der Waals surface area contributed by atoms with Crippen LogP contribution < -0.4 is 4.74 Å². The maximum atomic E-state index is 9.29. The smallest absolute Gasteiger partial charge is 0.140 e. The Morgan fingerprint density at radius 1 is 1.42 bits per heavy atom. The fourth-order valence-corrected chi connectivity index (χ4v) is 2.82. The van der Waals surface area contributed by atoms with E-state index in [4.69, 9.17) is 16.3 Å². The summed E-state index contributed by atoms with van der Waals surface area (Å²) in [7, 11) is 0. The molecule has 1 aromatic heterocycles. The Morgan fingerprint density at radius 2 is 2.26 bits per heavy atom. The number of thiazole rings is 1. The molecule has 0 saturated carbocycles. The monoisotopic (exact) mass is 297 g/mol. The first-order valence-corrected chi connectivity index (χ1v) is 7.39. The first-order chi connectivity index (χ1) is 9.22. The highest BCUT2D eigenvalue weighted by atomic mass is 35.5. The molecule has 2 aromatic rings. The van der Waals surface area contributed by atoms with Crippen LogP contribution in [0.3, 0.4) is 0 Å². The Morgan fingerprint density at radius 3 is 2.95 bits per heavy atom. The minimum atomic E-state index is 0.0458. The molecule has 0 unspecified atom stereocenters. The summed E-state index contributed by atoms with van der Waals surface area (Å²) < 4.78 is 5.65. The number of aromatic nitrogens is 1. The standard InChI is InChI=1S/C14H16ClNO2S/c1-2-4-12-13(8-17)19-14(16-12)9-18-11-6-3-5-10(15)7-11/h3,5-7,17H,2,4,8-9H2,1H3. The van der Waals surface area contributed by atoms with Crippen LogP contribution in [-0.2, 0) is 19.6 Å². The van der Waals surface area contributed by atoms with Crippen molar-refractivity contribution in [2.45, 2.75) is 33.0 Å². The topological polar surface area (TPSA) is 42.4 Å². The molecule has 5 heteroatoms. The van der Waals surface area contributed by atoms with Gasteiger partial charge in [0.2, 0.25) is 0 Å². The molecule has 1 heterocycles. The predicted molar refractivity (Wildman–Crippen MR) is 77.8 cm³/mol. The number of ether oxygens (including phenoxy) is 1. The van der Waals surface area contributed by atoms with E-state index >= 15 is 0 Å². The van der Waals surface area contributed by atoms with Gasteiger partial charge in [0, 0.05) is 5.02 Å². The third kappa shape index (κ3) is 3.93. The zero-order chi connectivity index (χ0) is 13.7. The van der Waals surface area contributed by atoms with Gasteiger partial charge in [0.15, 0.2) is 0 Å². The van der Waals surface area contributed by atoms with Crippen LogP contribution in [0, 0.1) is 0 Å². The highest BCUT2D eigenvalue weighted by Crippen LogP contribution is 2.23. The fourth-order valence-electron chi connectivity index (χ4n) is 1.76. The maximum Gasteiger partial charge on any atom is 0.140 e. The van der Waals surface area contributed by atoms with Crippen molar-refractivity contribution < 1.29 is 9.84 Å². The lowest BCUT2D eigenvalue weighted by Gasteiger charge is -2.03. The number of aliphatic hydroxyl groups excluding tert-OH is 1. The molecule has 102 valence electrons. The SMILES string of the molecule is CCCc1nc(COc2cccc(Cl)c2)sc1CO. The number of aliphatic hydroxyl groups is 1. The summed E-state index contributed by atoms with van der Waals surface area (Å²) in [6.45, 7) is 2.55. The summed E-state index contributed by atoms with van der Waals surface area (Å²) in [5.74, 6) is 0.727. The normalized spacial score (nSPS) is 10.7. The molecule has 0 aliphatic carbocycles. The Bertz CT molecular complexity index is 542. The average Bonchev–Trinajstić information content (AvgIpc) is 2.79. The van der Waals surface area contributed by atoms with E-state index in [-0.39, 0.29) is 6.61 Å². The molecule has 0 aliphatic rings. The van der Waals surface area contributed by atoms with E-state index in [0.29, 0.717) is 11.6 Å². The van der Waals surface area contributed by atoms with Gasteiger partial charge >= 0.3 is 0 Å². The van der Waals surface area contributed by atoms with Crippen LogP contribution in [-0.4, -0.2) is 10.1 Å². The van der Waals surface area contributed by atoms with Crippen LogP contribution in [0.4, 0.5) is 0 Å². The molecule has 0 saturated heterocycles. The average molecular weight is 298 g/mol. The molecule has 3 nitrogen and oxygen atoms in total. The van der Waals surface area contributed by atoms with Gasteiger partial charge in [0.25, 0.3) is 0 Å². The molecular formula is C14H16ClNO2S. The Kier molecular flexibility index (Phi) is 5.19. The molecule has 0 fully saturated rings. The fraction of sp³-hybridized carbons (Fsp3) is 0.357. The summed E-state index contributed by atoms with van der Waals surface area (Å²) in [6.07, 6.45) is 1.91. The van der Waals surface area contributed by atoms with Crippen molar-refractivity contribution in [3.63, 3.8) is 0 Å². The van der Waals surface area contributed by atoms with Crippen molar-refractivity contribution in [3.05, 3.63) is 44.9 Å². The molecule has 19 heavy (non-hydrogen) atoms. The summed E-state index contributed by atoms with van der Waals surface area (Å²) in [4.78, 5) is 5.45. The minimum absolute atomic E-state index is 0.0458. The minimum Gasteiger partial charge on any atom is -0.486 e. The Balaban J connectivity index is 2.03. The molecule has 0 atom stereocenters. The van der Waals surface area contributed by atoms with Crippen molar-refractivity contribution >= 4 is 22.9 Å². The Hall–Kier alpha value is -1.10. The van der Waals surface area contributed by atoms with Crippen LogP contribution in [0.5, 0.6) is 5.75 Å². The lowest BCUT2D eigenvalue weighted by molar-refractivity contribution is 0.284. The molecule has 1 aromatic carbocycles. The number of aryl methyl sites for hydroxylation is 1. The quantitative estimate of drug-likeness (QED) is 0.881. The van der Waals surface area contributed by atoms with Gasteiger partial charge in [0.05, 0.1) is 17.2 Å². The van der Waals surface area contributed by atoms with Gasteiger partial charge in [-0.2, -0.15) is 0 Å². The first-order valence-electron chi connectivity index (χ1n) is 6.19. The zero-order valence-electron chi connectivity index (χ0n) is 10.7. The number of rotatable bonds is 6. The molecule has 0 bridgehead atoms. The Labute approximate surface area is 121 Å². The van der Waals surface area contributed by atoms with Crippen molar-refractivity contribution in [3.8, 4) is 5.75 Å². The second kappa shape index (κ2) is 6.89. The lowest BCUT2D eigenvalue weighted by Crippen LogP contribution is -1.95. The third-order valence-corrected chi connectivity index (χ3v) is 3.90. The number of hydrogen-bond donors (Lipinski definition) is 1. The van der Waals surface area contributed by atoms with E-state index in [0.717, 1.165) is 34.2 Å². The van der Waals surface area contributed by atoms with Crippen molar-refractivity contribution in [1.29, 1.82) is 0 Å². The highest BCUT2D eigenvalue weighted by Gasteiger charge is 2.10. The molecule has 0 amide bonds. The summed E-state index contributed by atoms with van der Waals surface area (Å²) in [5, 5.41) is 10.8. The van der Waals surface area contributed by atoms with Gasteiger partial charge in [-0.1, -0.05) is 31.0 Å². The molecule has 2 rings (SSSR count). The lowest BCUT2D eigenvalue weighted by atomic mass is 10.2. The molecule has 0 radical (unpaired) electrons. The van der Waals surface area contributed by atoms with E-state index in [1.54, 1.807) is 12.1 Å². The van der Waals surface area contributed by atoms with Crippen LogP contribution in [0.25, 0.3) is 0 Å². The first kappa shape index (κ1) is 14.3. The largest absolute Gasteiger partial charge is 0.486 e. The maximum absolute atomic E-state index is 9.29. The van der Waals surface area contributed by atoms with Crippen LogP contribution in [0.15, 0.2) is 24.3 Å². The van der Waals surface area contributed by atoms with E-state index < -0.39 is 0 Å². The van der Waals surface area contributed by atoms with E-state index in [9.17, 15) is 5.11 Å². The molecule has 0 spiro atoms. The van der Waals surface area contributed by atoms with Crippen LogP contribution >= 0.6 is 22.9 Å². The zero-order valence-corrected chi connectivity index (χ0v) is 12.3. The second-order valence-corrected chi connectivity index (χ2v) is 5.74. The van der Waals surface area contributed by atoms with Gasteiger partial charge in [-0.25, -0.2) is 4.98 Å². The number of halogens is 1. The van der Waals surface area contributed by atoms with E-state index in [2.05, 4.69) is 11.9 Å². The highest BCUT2D eigenvalue weighted by molar-refractivity contribution is 7.11. The van der Waals surface area contributed by atoms with Crippen molar-refractivity contribution in [2.24, 2.45) is 0 Å². The van der Waals surface area contributed by atoms with Crippen LogP contribution in [0.2, 0.25) is 5.02 Å². The molecular weight excluding hydrogens is 282 g/mol. The van der Waals surface area contributed by atoms with E-state index in [1.807, 2.05) is 12.1 Å². The van der Waals surface area contributed by atoms with Gasteiger partial charge in [0.1, 0.15) is 17.4 Å². The van der Waals surface area contributed by atoms with E-state index in [1.165, 1.54) is 11.3 Å². The molecule has 0 aliphatic heterocycles. The summed E-state index contributed by atoms with van der Waals surface area (Å²) in [6, 6.07) is 7.29. The van der Waals surface area contributed by atoms with Crippen molar-refractivity contribution in [2.75, 3.05) is 0 Å². The summed E-state index contributed by atoms with van der Waals surface area (Å²) in [5.41, 5.74) is 0.986. The number of nitrogens with zero attached hydrogens (tertiary/aromatic N) is 1. The third-order valence-electron chi connectivity index (χ3n) is 2.61. The van der Waals surface area contributed by atoms with Gasteiger partial charge in [-0.15, -0.1) is 11.3 Å². The predicted octanol–water partition coefficient (Wildman–Crippen LogP) is 3.82. The van der Waals surface area contributed by atoms with Crippen molar-refractivity contribution in [1.82, 2.24) is 4.98 Å². The number of benzene rings is 1. The van der Waals surface area contributed by atoms with Gasteiger partial charge in [-0.3, -0.25) is 0 Å². The second-order valence-electron chi connectivity index (χ2n) is 4.13. The molecule has 1 N–H and O–H groups in total. The van der Waals surface area contributed by atoms with Gasteiger partial charge < -0.3 is 9.84 Å². The van der Waals surface area contributed by atoms with Gasteiger partial charge in [-0.05, 0) is 24.6 Å².